The maximum Gasteiger partial charge on any atom is 0.0630 e. The fourth-order valence-corrected chi connectivity index (χ4v) is 1.91. The second-order valence-electron chi connectivity index (χ2n) is 2.34. The standard InChI is InChI=1S/C7H9N2S/c1-2-7(10-3-1)6-4-8-5-9-6/h1-3,6,9H,4-5H2. The molecule has 10 heavy (non-hydrogen) atoms. The summed E-state index contributed by atoms with van der Waals surface area (Å²) < 4.78 is 0. The van der Waals surface area contributed by atoms with Crippen LogP contribution in [0.1, 0.15) is 10.9 Å². The van der Waals surface area contributed by atoms with Gasteiger partial charge in [-0.05, 0) is 11.4 Å². The van der Waals surface area contributed by atoms with Crippen LogP contribution in [0.5, 0.6) is 0 Å². The summed E-state index contributed by atoms with van der Waals surface area (Å²) in [7, 11) is 0. The van der Waals surface area contributed by atoms with Crippen molar-refractivity contribution >= 4 is 11.3 Å². The summed E-state index contributed by atoms with van der Waals surface area (Å²) >= 11 is 1.80. The summed E-state index contributed by atoms with van der Waals surface area (Å²) in [6, 6.07) is 4.74. The molecule has 2 nitrogen and oxygen atoms in total. The van der Waals surface area contributed by atoms with Crippen LogP contribution >= 0.6 is 11.3 Å². The van der Waals surface area contributed by atoms with E-state index in [0.29, 0.717) is 6.04 Å². The molecule has 1 unspecified atom stereocenters. The zero-order valence-corrected chi connectivity index (χ0v) is 6.40. The lowest BCUT2D eigenvalue weighted by atomic mass is 10.3. The Morgan fingerprint density at radius 3 is 3.30 bits per heavy atom. The highest BCUT2D eigenvalue weighted by Gasteiger charge is 2.16. The summed E-state index contributed by atoms with van der Waals surface area (Å²) in [6.07, 6.45) is 0. The Morgan fingerprint density at radius 1 is 1.70 bits per heavy atom. The third kappa shape index (κ3) is 1.08. The molecule has 2 rings (SSSR count). The van der Waals surface area contributed by atoms with Gasteiger partial charge in [0.25, 0.3) is 0 Å². The normalized spacial score (nSPS) is 25.4. The molecule has 1 atom stereocenters. The number of rotatable bonds is 1. The Hall–Kier alpha value is -0.380. The first-order valence-electron chi connectivity index (χ1n) is 3.37. The van der Waals surface area contributed by atoms with Gasteiger partial charge in [-0.2, -0.15) is 0 Å². The van der Waals surface area contributed by atoms with Gasteiger partial charge in [-0.3, -0.25) is 5.32 Å². The number of hydrogen-bond donors (Lipinski definition) is 1. The van der Waals surface area contributed by atoms with Crippen LogP contribution < -0.4 is 10.6 Å². The number of nitrogens with one attached hydrogen (secondary N) is 1. The zero-order valence-electron chi connectivity index (χ0n) is 5.58. The van der Waals surface area contributed by atoms with Gasteiger partial charge in [0.1, 0.15) is 0 Å². The predicted molar refractivity (Wildman–Crippen MR) is 42.1 cm³/mol. The van der Waals surface area contributed by atoms with E-state index in [-0.39, 0.29) is 0 Å². The molecule has 0 amide bonds. The predicted octanol–water partition coefficient (Wildman–Crippen LogP) is 0.954. The SMILES string of the molecule is c1csc(C2C[N]CN2)c1. The average molecular weight is 153 g/mol. The highest BCUT2D eigenvalue weighted by atomic mass is 32.1. The van der Waals surface area contributed by atoms with Crippen molar-refractivity contribution in [3.63, 3.8) is 0 Å². The molecule has 53 valence electrons. The van der Waals surface area contributed by atoms with Gasteiger partial charge >= 0.3 is 0 Å². The summed E-state index contributed by atoms with van der Waals surface area (Å²) in [6.45, 7) is 1.77. The fraction of sp³-hybridized carbons (Fsp3) is 0.429. The van der Waals surface area contributed by atoms with E-state index in [1.54, 1.807) is 11.3 Å². The van der Waals surface area contributed by atoms with Crippen LogP contribution in [0.15, 0.2) is 17.5 Å². The van der Waals surface area contributed by atoms with Crippen LogP contribution in [0.25, 0.3) is 0 Å². The monoisotopic (exact) mass is 153 g/mol. The lowest BCUT2D eigenvalue weighted by Gasteiger charge is -2.03. The number of hydrogen-bond acceptors (Lipinski definition) is 2. The van der Waals surface area contributed by atoms with Crippen LogP contribution in [0.3, 0.4) is 0 Å². The van der Waals surface area contributed by atoms with Crippen molar-refractivity contribution in [3.05, 3.63) is 22.4 Å². The molecule has 1 aliphatic heterocycles. The molecule has 1 fully saturated rings. The first kappa shape index (κ1) is 6.34. The van der Waals surface area contributed by atoms with Gasteiger partial charge in [-0.15, -0.1) is 11.3 Å². The molecule has 1 aliphatic rings. The Bertz CT molecular complexity index is 189. The van der Waals surface area contributed by atoms with Crippen LogP contribution in [0, 0.1) is 0 Å². The van der Waals surface area contributed by atoms with Crippen LogP contribution in [-0.2, 0) is 0 Å². The molecule has 3 heteroatoms. The Morgan fingerprint density at radius 2 is 2.70 bits per heavy atom. The molecule has 0 aromatic carbocycles. The maximum atomic E-state index is 4.22. The molecule has 1 saturated heterocycles. The van der Waals surface area contributed by atoms with E-state index < -0.39 is 0 Å². The minimum absolute atomic E-state index is 0.500. The van der Waals surface area contributed by atoms with E-state index in [4.69, 9.17) is 0 Å². The number of nitrogens with zero attached hydrogens (tertiary/aromatic N) is 1. The minimum Gasteiger partial charge on any atom is -0.294 e. The Labute approximate surface area is 64.3 Å². The Kier molecular flexibility index (Phi) is 1.71. The number of thiophene rings is 1. The van der Waals surface area contributed by atoms with Gasteiger partial charge < -0.3 is 0 Å². The molecular weight excluding hydrogens is 144 g/mol. The average Bonchev–Trinajstić information content (AvgIpc) is 2.59. The largest absolute Gasteiger partial charge is 0.294 e. The molecule has 1 aromatic heterocycles. The van der Waals surface area contributed by atoms with E-state index in [9.17, 15) is 0 Å². The maximum absolute atomic E-state index is 4.22. The van der Waals surface area contributed by atoms with E-state index >= 15 is 0 Å². The summed E-state index contributed by atoms with van der Waals surface area (Å²) in [5, 5.41) is 9.63. The third-order valence-corrected chi connectivity index (χ3v) is 2.63. The molecule has 2 heterocycles. The van der Waals surface area contributed by atoms with Gasteiger partial charge in [0.15, 0.2) is 0 Å². The van der Waals surface area contributed by atoms with E-state index in [1.807, 2.05) is 0 Å². The molecule has 0 bridgehead atoms. The molecule has 0 spiro atoms. The van der Waals surface area contributed by atoms with Crippen molar-refractivity contribution in [3.8, 4) is 0 Å². The van der Waals surface area contributed by atoms with Crippen molar-refractivity contribution < 1.29 is 0 Å². The third-order valence-electron chi connectivity index (χ3n) is 1.65. The fourth-order valence-electron chi connectivity index (χ4n) is 1.11. The lowest BCUT2D eigenvalue weighted by molar-refractivity contribution is 0.689. The molecule has 0 saturated carbocycles. The first-order valence-corrected chi connectivity index (χ1v) is 4.25. The van der Waals surface area contributed by atoms with Gasteiger partial charge in [-0.25, -0.2) is 5.32 Å². The van der Waals surface area contributed by atoms with Gasteiger partial charge in [0.05, 0.1) is 12.7 Å². The topological polar surface area (TPSA) is 26.1 Å². The van der Waals surface area contributed by atoms with Gasteiger partial charge in [-0.1, -0.05) is 6.07 Å². The van der Waals surface area contributed by atoms with Crippen molar-refractivity contribution in [2.24, 2.45) is 0 Å². The van der Waals surface area contributed by atoms with E-state index in [2.05, 4.69) is 28.1 Å². The summed E-state index contributed by atoms with van der Waals surface area (Å²) in [5.41, 5.74) is 0. The van der Waals surface area contributed by atoms with Crippen molar-refractivity contribution in [2.75, 3.05) is 13.2 Å². The quantitative estimate of drug-likeness (QED) is 0.639. The van der Waals surface area contributed by atoms with Crippen molar-refractivity contribution in [1.29, 1.82) is 0 Å². The second-order valence-corrected chi connectivity index (χ2v) is 3.32. The van der Waals surface area contributed by atoms with Crippen LogP contribution in [0.2, 0.25) is 0 Å². The first-order chi connectivity index (χ1) is 4.97. The molecule has 1 N–H and O–H groups in total. The smallest absolute Gasteiger partial charge is 0.0630 e. The molecular formula is C7H9N2S. The highest BCUT2D eigenvalue weighted by molar-refractivity contribution is 7.10. The van der Waals surface area contributed by atoms with Gasteiger partial charge in [0, 0.05) is 11.4 Å². The van der Waals surface area contributed by atoms with Crippen molar-refractivity contribution in [1.82, 2.24) is 10.6 Å². The van der Waals surface area contributed by atoms with Gasteiger partial charge in [0.2, 0.25) is 0 Å². The second kappa shape index (κ2) is 2.70. The molecule has 1 aromatic rings. The van der Waals surface area contributed by atoms with Crippen LogP contribution in [-0.4, -0.2) is 13.2 Å². The molecule has 0 aliphatic carbocycles. The van der Waals surface area contributed by atoms with Crippen molar-refractivity contribution in [2.45, 2.75) is 6.04 Å². The summed E-state index contributed by atoms with van der Waals surface area (Å²) in [4.78, 5) is 1.40. The minimum atomic E-state index is 0.500. The lowest BCUT2D eigenvalue weighted by Crippen LogP contribution is -2.12. The zero-order chi connectivity index (χ0) is 6.81. The van der Waals surface area contributed by atoms with Crippen LogP contribution in [0.4, 0.5) is 0 Å². The van der Waals surface area contributed by atoms with E-state index in [0.717, 1.165) is 13.2 Å². The highest BCUT2D eigenvalue weighted by Crippen LogP contribution is 2.19. The van der Waals surface area contributed by atoms with E-state index in [1.165, 1.54) is 4.88 Å². The molecule has 1 radical (unpaired) electrons. The Balaban J connectivity index is 2.12. The summed E-state index contributed by atoms with van der Waals surface area (Å²) in [5.74, 6) is 0.